The average molecular weight is 490 g/mol. The van der Waals surface area contributed by atoms with Gasteiger partial charge in [-0.25, -0.2) is 9.48 Å². The lowest BCUT2D eigenvalue weighted by Gasteiger charge is -2.25. The Hall–Kier alpha value is -3.61. The van der Waals surface area contributed by atoms with Crippen LogP contribution in [0.5, 0.6) is 0 Å². The number of rotatable bonds is 7. The van der Waals surface area contributed by atoms with Crippen molar-refractivity contribution >= 4 is 23.4 Å². The van der Waals surface area contributed by atoms with Crippen molar-refractivity contribution in [1.29, 1.82) is 0 Å². The molecule has 0 unspecified atom stereocenters. The predicted octanol–water partition coefficient (Wildman–Crippen LogP) is 6.22. The maximum absolute atomic E-state index is 13.2. The number of nitrogens with one attached hydrogen (secondary N) is 2. The molecule has 0 atom stereocenters. The molecule has 0 aliphatic carbocycles. The fraction of sp³-hybridized carbons (Fsp3) is 0.414. The predicted molar refractivity (Wildman–Crippen MR) is 147 cm³/mol. The van der Waals surface area contributed by atoms with Crippen molar-refractivity contribution in [3.63, 3.8) is 0 Å². The second-order valence-electron chi connectivity index (χ2n) is 11.0. The summed E-state index contributed by atoms with van der Waals surface area (Å²) < 4.78 is 1.75. The number of nitrogens with zero attached hydrogens (tertiary/aromatic N) is 3. The number of carbonyl (C=O) groups is 2. The van der Waals surface area contributed by atoms with Crippen LogP contribution in [0.15, 0.2) is 48.5 Å². The third-order valence-electron chi connectivity index (χ3n) is 5.85. The highest BCUT2D eigenvalue weighted by molar-refractivity contribution is 5.97. The number of hydrogen-bond donors (Lipinski definition) is 2. The summed E-state index contributed by atoms with van der Waals surface area (Å²) in [5, 5.41) is 10.7. The van der Waals surface area contributed by atoms with Crippen molar-refractivity contribution in [3.8, 4) is 5.69 Å². The summed E-state index contributed by atoms with van der Waals surface area (Å²) >= 11 is 0. The van der Waals surface area contributed by atoms with Gasteiger partial charge in [0.15, 0.2) is 0 Å². The van der Waals surface area contributed by atoms with E-state index in [9.17, 15) is 9.59 Å². The first kappa shape index (κ1) is 27.0. The van der Waals surface area contributed by atoms with Gasteiger partial charge in [-0.2, -0.15) is 5.10 Å². The summed E-state index contributed by atoms with van der Waals surface area (Å²) in [6.07, 6.45) is 0. The van der Waals surface area contributed by atoms with Crippen LogP contribution >= 0.6 is 0 Å². The highest BCUT2D eigenvalue weighted by atomic mass is 16.2. The Kier molecular flexibility index (Phi) is 8.23. The minimum atomic E-state index is -0.298. The molecule has 36 heavy (non-hydrogen) atoms. The normalized spacial score (nSPS) is 11.5. The fourth-order valence-corrected chi connectivity index (χ4v) is 3.88. The van der Waals surface area contributed by atoms with E-state index in [-0.39, 0.29) is 29.8 Å². The van der Waals surface area contributed by atoms with Crippen LogP contribution in [0.3, 0.4) is 0 Å². The van der Waals surface area contributed by atoms with Crippen molar-refractivity contribution < 1.29 is 9.59 Å². The van der Waals surface area contributed by atoms with E-state index in [1.54, 1.807) is 9.58 Å². The molecule has 0 saturated carbocycles. The topological polar surface area (TPSA) is 79.3 Å². The molecule has 1 heterocycles. The molecule has 3 rings (SSSR count). The first-order valence-electron chi connectivity index (χ1n) is 12.4. The molecule has 2 aromatic carbocycles. The van der Waals surface area contributed by atoms with Gasteiger partial charge in [-0.1, -0.05) is 70.0 Å². The number of aryl methyl sites for hydroxylation is 3. The number of carbonyl (C=O) groups excluding carboxylic acids is 2. The van der Waals surface area contributed by atoms with Crippen molar-refractivity contribution in [1.82, 2.24) is 14.7 Å². The molecule has 7 nitrogen and oxygen atoms in total. The Bertz CT molecular complexity index is 1220. The summed E-state index contributed by atoms with van der Waals surface area (Å²) in [4.78, 5) is 27.9. The Morgan fingerprint density at radius 3 is 2.17 bits per heavy atom. The average Bonchev–Trinajstić information content (AvgIpc) is 3.19. The van der Waals surface area contributed by atoms with E-state index in [1.165, 1.54) is 0 Å². The highest BCUT2D eigenvalue weighted by Crippen LogP contribution is 2.26. The van der Waals surface area contributed by atoms with Crippen LogP contribution in [0.1, 0.15) is 57.0 Å². The minimum Gasteiger partial charge on any atom is -0.315 e. The standard InChI is InChI=1S/C29H39N5O2/c1-19(2)17-33(28(36)30-24-14-11-21(4)15-22(24)5)18-27(35)31-26-16-25(29(6,7)8)32-34(26)23-12-9-20(3)10-13-23/h9-16,19H,17-18H2,1-8H3,(H,30,36)(H,31,35). The third-order valence-corrected chi connectivity index (χ3v) is 5.85. The Morgan fingerprint density at radius 1 is 0.944 bits per heavy atom. The van der Waals surface area contributed by atoms with Gasteiger partial charge in [-0.3, -0.25) is 4.79 Å². The molecule has 0 aliphatic heterocycles. The Morgan fingerprint density at radius 2 is 1.58 bits per heavy atom. The van der Waals surface area contributed by atoms with Gasteiger partial charge in [-0.05, 0) is 50.5 Å². The molecule has 7 heteroatoms. The van der Waals surface area contributed by atoms with Crippen molar-refractivity contribution in [2.45, 2.75) is 60.8 Å². The molecule has 0 bridgehead atoms. The van der Waals surface area contributed by atoms with Gasteiger partial charge in [0.25, 0.3) is 0 Å². The van der Waals surface area contributed by atoms with E-state index >= 15 is 0 Å². The van der Waals surface area contributed by atoms with Crippen molar-refractivity contribution in [2.24, 2.45) is 5.92 Å². The molecular weight excluding hydrogens is 450 g/mol. The molecule has 192 valence electrons. The Balaban J connectivity index is 1.82. The van der Waals surface area contributed by atoms with Gasteiger partial charge in [0.05, 0.1) is 11.4 Å². The van der Waals surface area contributed by atoms with E-state index in [0.29, 0.717) is 12.4 Å². The first-order chi connectivity index (χ1) is 16.8. The van der Waals surface area contributed by atoms with E-state index in [2.05, 4.69) is 31.4 Å². The zero-order chi connectivity index (χ0) is 26.6. The van der Waals surface area contributed by atoms with Crippen molar-refractivity contribution in [2.75, 3.05) is 23.7 Å². The van der Waals surface area contributed by atoms with Gasteiger partial charge in [0.1, 0.15) is 12.4 Å². The van der Waals surface area contributed by atoms with Crippen LogP contribution in [0, 0.1) is 26.7 Å². The largest absolute Gasteiger partial charge is 0.322 e. The van der Waals surface area contributed by atoms with E-state index in [4.69, 9.17) is 5.10 Å². The molecule has 0 saturated heterocycles. The summed E-state index contributed by atoms with van der Waals surface area (Å²) in [6.45, 7) is 16.7. The Labute approximate surface area is 214 Å². The number of aromatic nitrogens is 2. The van der Waals surface area contributed by atoms with E-state index in [1.807, 2.05) is 83.1 Å². The molecule has 0 spiro atoms. The molecule has 3 amide bonds. The SMILES string of the molecule is Cc1ccc(-n2nc(C(C)(C)C)cc2NC(=O)CN(CC(C)C)C(=O)Nc2ccc(C)cc2C)cc1. The molecule has 0 aliphatic rings. The quantitative estimate of drug-likeness (QED) is 0.413. The molecule has 2 N–H and O–H groups in total. The molecule has 0 radical (unpaired) electrons. The number of anilines is 2. The summed E-state index contributed by atoms with van der Waals surface area (Å²) in [6, 6.07) is 15.5. The third kappa shape index (κ3) is 6.97. The van der Waals surface area contributed by atoms with Crippen LogP contribution < -0.4 is 10.6 Å². The van der Waals surface area contributed by atoms with Gasteiger partial charge >= 0.3 is 6.03 Å². The summed E-state index contributed by atoms with van der Waals surface area (Å²) in [7, 11) is 0. The van der Waals surface area contributed by atoms with Gasteiger partial charge in [-0.15, -0.1) is 0 Å². The van der Waals surface area contributed by atoms with Crippen LogP contribution in [0.4, 0.5) is 16.3 Å². The smallest absolute Gasteiger partial charge is 0.315 e. The van der Waals surface area contributed by atoms with Crippen LogP contribution in [0.2, 0.25) is 0 Å². The van der Waals surface area contributed by atoms with Gasteiger partial charge in [0.2, 0.25) is 5.91 Å². The van der Waals surface area contributed by atoms with E-state index in [0.717, 1.165) is 33.8 Å². The lowest BCUT2D eigenvalue weighted by molar-refractivity contribution is -0.116. The first-order valence-corrected chi connectivity index (χ1v) is 12.4. The maximum atomic E-state index is 13.2. The zero-order valence-corrected chi connectivity index (χ0v) is 22.8. The molecular formula is C29H39N5O2. The van der Waals surface area contributed by atoms with E-state index < -0.39 is 0 Å². The second kappa shape index (κ2) is 11.0. The van der Waals surface area contributed by atoms with Gasteiger partial charge < -0.3 is 15.5 Å². The number of benzene rings is 2. The number of urea groups is 1. The monoisotopic (exact) mass is 489 g/mol. The summed E-state index contributed by atoms with van der Waals surface area (Å²) in [5.41, 5.74) is 5.53. The van der Waals surface area contributed by atoms with Crippen molar-refractivity contribution in [3.05, 3.63) is 70.9 Å². The summed E-state index contributed by atoms with van der Waals surface area (Å²) in [5.74, 6) is 0.501. The second-order valence-corrected chi connectivity index (χ2v) is 11.0. The number of amides is 3. The van der Waals surface area contributed by atoms with Gasteiger partial charge in [0, 0.05) is 23.7 Å². The van der Waals surface area contributed by atoms with Crippen LogP contribution in [0.25, 0.3) is 5.69 Å². The number of hydrogen-bond acceptors (Lipinski definition) is 3. The highest BCUT2D eigenvalue weighted by Gasteiger charge is 2.24. The molecule has 3 aromatic rings. The minimum absolute atomic E-state index is 0.0706. The lowest BCUT2D eigenvalue weighted by Crippen LogP contribution is -2.42. The lowest BCUT2D eigenvalue weighted by atomic mass is 9.92. The molecule has 0 fully saturated rings. The fourth-order valence-electron chi connectivity index (χ4n) is 3.88. The molecule has 1 aromatic heterocycles. The zero-order valence-electron chi connectivity index (χ0n) is 22.8. The maximum Gasteiger partial charge on any atom is 0.322 e. The van der Waals surface area contributed by atoms with Crippen LogP contribution in [-0.2, 0) is 10.2 Å². The van der Waals surface area contributed by atoms with Crippen LogP contribution in [-0.4, -0.2) is 39.7 Å².